The summed E-state index contributed by atoms with van der Waals surface area (Å²) in [6, 6.07) is 0. The molecule has 1 rings (SSSR count). The second-order valence-electron chi connectivity index (χ2n) is 5.13. The number of methoxy groups -OCH3 is 1. The molecule has 0 aromatic carbocycles. The largest absolute Gasteiger partial charge is 0.465 e. The van der Waals surface area contributed by atoms with Crippen LogP contribution in [-0.2, 0) is 4.74 Å². The average Bonchev–Trinajstić information content (AvgIpc) is 2.80. The number of rotatable bonds is 8. The molecule has 2 nitrogen and oxygen atoms in total. The van der Waals surface area contributed by atoms with Crippen molar-refractivity contribution < 1.29 is 9.53 Å². The van der Waals surface area contributed by atoms with Crippen molar-refractivity contribution in [1.29, 1.82) is 0 Å². The van der Waals surface area contributed by atoms with Gasteiger partial charge < -0.3 is 4.74 Å². The number of aryl methyl sites for hydroxylation is 1. The van der Waals surface area contributed by atoms with E-state index in [0.29, 0.717) is 5.92 Å². The second kappa shape index (κ2) is 8.36. The molecule has 0 atom stereocenters. The lowest BCUT2D eigenvalue weighted by atomic mass is 9.87. The van der Waals surface area contributed by atoms with E-state index in [9.17, 15) is 4.79 Å². The quantitative estimate of drug-likeness (QED) is 0.604. The molecule has 3 heteroatoms. The molecule has 1 aromatic heterocycles. The van der Waals surface area contributed by atoms with Crippen LogP contribution in [0, 0.1) is 6.92 Å². The predicted molar refractivity (Wildman–Crippen MR) is 82.2 cm³/mol. The van der Waals surface area contributed by atoms with Gasteiger partial charge in [0.15, 0.2) is 0 Å². The van der Waals surface area contributed by atoms with Gasteiger partial charge in [0.05, 0.1) is 7.11 Å². The first-order valence-corrected chi connectivity index (χ1v) is 8.19. The van der Waals surface area contributed by atoms with E-state index in [4.69, 9.17) is 4.74 Å². The third-order valence-corrected chi connectivity index (χ3v) is 4.71. The summed E-state index contributed by atoms with van der Waals surface area (Å²) >= 11 is 1.53. The molecule has 0 aliphatic carbocycles. The van der Waals surface area contributed by atoms with Gasteiger partial charge in [0, 0.05) is 0 Å². The molecule has 0 amide bonds. The number of carbonyl (C=O) groups is 1. The monoisotopic (exact) mass is 282 g/mol. The standard InChI is InChI=1S/C16H26O2S/c1-5-7-9-13(10-8-6-2)14-12(3)11-19-15(14)16(17)18-4/h11,13H,5-10H2,1-4H3. The van der Waals surface area contributed by atoms with Gasteiger partial charge in [-0.3, -0.25) is 0 Å². The second-order valence-corrected chi connectivity index (χ2v) is 6.01. The highest BCUT2D eigenvalue weighted by molar-refractivity contribution is 7.12. The molecular formula is C16H26O2S. The summed E-state index contributed by atoms with van der Waals surface area (Å²) < 4.78 is 4.92. The number of thiophene rings is 1. The van der Waals surface area contributed by atoms with Gasteiger partial charge in [0.1, 0.15) is 4.88 Å². The molecule has 0 fully saturated rings. The molecule has 0 spiro atoms. The molecule has 1 aromatic rings. The topological polar surface area (TPSA) is 26.3 Å². The minimum Gasteiger partial charge on any atom is -0.465 e. The zero-order chi connectivity index (χ0) is 14.3. The molecule has 0 aliphatic heterocycles. The van der Waals surface area contributed by atoms with E-state index in [1.807, 2.05) is 0 Å². The Kier molecular flexibility index (Phi) is 7.14. The summed E-state index contributed by atoms with van der Waals surface area (Å²) in [5.74, 6) is 0.339. The summed E-state index contributed by atoms with van der Waals surface area (Å²) in [4.78, 5) is 12.7. The van der Waals surface area contributed by atoms with E-state index >= 15 is 0 Å². The van der Waals surface area contributed by atoms with Crippen LogP contribution in [0.3, 0.4) is 0 Å². The van der Waals surface area contributed by atoms with E-state index in [1.165, 1.54) is 68.1 Å². The van der Waals surface area contributed by atoms with Crippen LogP contribution in [0.5, 0.6) is 0 Å². The van der Waals surface area contributed by atoms with E-state index in [1.54, 1.807) is 0 Å². The third kappa shape index (κ3) is 4.34. The number of hydrogen-bond donors (Lipinski definition) is 0. The zero-order valence-electron chi connectivity index (χ0n) is 12.6. The van der Waals surface area contributed by atoms with Crippen molar-refractivity contribution >= 4 is 17.3 Å². The third-order valence-electron chi connectivity index (χ3n) is 3.61. The lowest BCUT2D eigenvalue weighted by Gasteiger charge is -2.18. The normalized spacial score (nSPS) is 11.0. The van der Waals surface area contributed by atoms with Crippen molar-refractivity contribution in [3.05, 3.63) is 21.4 Å². The van der Waals surface area contributed by atoms with Crippen LogP contribution in [0.1, 0.15) is 79.1 Å². The number of ether oxygens (including phenoxy) is 1. The van der Waals surface area contributed by atoms with Crippen LogP contribution in [0.25, 0.3) is 0 Å². The van der Waals surface area contributed by atoms with Crippen LogP contribution in [0.15, 0.2) is 5.38 Å². The average molecular weight is 282 g/mol. The van der Waals surface area contributed by atoms with Crippen molar-refractivity contribution in [1.82, 2.24) is 0 Å². The number of esters is 1. The molecule has 0 aliphatic rings. The Balaban J connectivity index is 2.98. The summed E-state index contributed by atoms with van der Waals surface area (Å²) in [7, 11) is 1.47. The smallest absolute Gasteiger partial charge is 0.348 e. The zero-order valence-corrected chi connectivity index (χ0v) is 13.4. The summed E-state index contributed by atoms with van der Waals surface area (Å²) in [5.41, 5.74) is 2.50. The minimum atomic E-state index is -0.175. The first kappa shape index (κ1) is 16.2. The van der Waals surface area contributed by atoms with Crippen LogP contribution in [0.2, 0.25) is 0 Å². The fraction of sp³-hybridized carbons (Fsp3) is 0.688. The molecule has 0 saturated heterocycles. The Morgan fingerprint density at radius 1 is 1.26 bits per heavy atom. The predicted octanol–water partition coefficient (Wildman–Crippen LogP) is 5.31. The molecule has 0 N–H and O–H groups in total. The maximum Gasteiger partial charge on any atom is 0.348 e. The van der Waals surface area contributed by atoms with E-state index in [2.05, 4.69) is 26.2 Å². The van der Waals surface area contributed by atoms with Gasteiger partial charge in [-0.15, -0.1) is 11.3 Å². The first-order valence-electron chi connectivity index (χ1n) is 7.31. The Labute approximate surface area is 121 Å². The Bertz CT molecular complexity index is 387. The number of unbranched alkanes of at least 4 members (excludes halogenated alkanes) is 2. The molecular weight excluding hydrogens is 256 g/mol. The lowest BCUT2D eigenvalue weighted by Crippen LogP contribution is -2.08. The lowest BCUT2D eigenvalue weighted by molar-refractivity contribution is 0.0604. The fourth-order valence-electron chi connectivity index (χ4n) is 2.55. The highest BCUT2D eigenvalue weighted by Crippen LogP contribution is 2.36. The van der Waals surface area contributed by atoms with Gasteiger partial charge in [-0.05, 0) is 42.2 Å². The Hall–Kier alpha value is -0.830. The Morgan fingerprint density at radius 3 is 2.32 bits per heavy atom. The van der Waals surface area contributed by atoms with Gasteiger partial charge in [0.25, 0.3) is 0 Å². The van der Waals surface area contributed by atoms with Crippen LogP contribution in [-0.4, -0.2) is 13.1 Å². The van der Waals surface area contributed by atoms with Crippen molar-refractivity contribution in [2.24, 2.45) is 0 Å². The molecule has 1 heterocycles. The van der Waals surface area contributed by atoms with Gasteiger partial charge in [-0.25, -0.2) is 4.79 Å². The highest BCUT2D eigenvalue weighted by atomic mass is 32.1. The summed E-state index contributed by atoms with van der Waals surface area (Å²) in [6.07, 6.45) is 7.23. The van der Waals surface area contributed by atoms with E-state index in [0.717, 1.165) is 4.88 Å². The molecule has 0 radical (unpaired) electrons. The van der Waals surface area contributed by atoms with Crippen molar-refractivity contribution in [3.63, 3.8) is 0 Å². The summed E-state index contributed by atoms with van der Waals surface area (Å²) in [5, 5.41) is 2.09. The van der Waals surface area contributed by atoms with E-state index in [-0.39, 0.29) is 5.97 Å². The molecule has 19 heavy (non-hydrogen) atoms. The van der Waals surface area contributed by atoms with Gasteiger partial charge in [0.2, 0.25) is 0 Å². The van der Waals surface area contributed by atoms with E-state index < -0.39 is 0 Å². The number of carbonyl (C=O) groups excluding carboxylic acids is 1. The SMILES string of the molecule is CCCCC(CCCC)c1c(C)csc1C(=O)OC. The van der Waals surface area contributed by atoms with Crippen molar-refractivity contribution in [3.8, 4) is 0 Å². The maximum absolute atomic E-state index is 11.9. The van der Waals surface area contributed by atoms with Crippen LogP contribution in [0.4, 0.5) is 0 Å². The maximum atomic E-state index is 11.9. The van der Waals surface area contributed by atoms with Crippen molar-refractivity contribution in [2.75, 3.05) is 7.11 Å². The molecule has 0 saturated carbocycles. The molecule has 0 unspecified atom stereocenters. The first-order chi connectivity index (χ1) is 9.15. The van der Waals surface area contributed by atoms with Gasteiger partial charge in [-0.2, -0.15) is 0 Å². The van der Waals surface area contributed by atoms with Crippen LogP contribution >= 0.6 is 11.3 Å². The number of hydrogen-bond acceptors (Lipinski definition) is 3. The van der Waals surface area contributed by atoms with Gasteiger partial charge in [-0.1, -0.05) is 39.5 Å². The molecule has 0 bridgehead atoms. The molecule has 108 valence electrons. The van der Waals surface area contributed by atoms with Crippen molar-refractivity contribution in [2.45, 2.75) is 65.2 Å². The van der Waals surface area contributed by atoms with Crippen LogP contribution < -0.4 is 0 Å². The highest BCUT2D eigenvalue weighted by Gasteiger charge is 2.23. The minimum absolute atomic E-state index is 0.175. The fourth-order valence-corrected chi connectivity index (χ4v) is 3.60. The van der Waals surface area contributed by atoms with Gasteiger partial charge >= 0.3 is 5.97 Å². The Morgan fingerprint density at radius 2 is 1.84 bits per heavy atom. The summed E-state index contributed by atoms with van der Waals surface area (Å²) in [6.45, 7) is 6.56.